The van der Waals surface area contributed by atoms with Gasteiger partial charge in [-0.2, -0.15) is 0 Å². The summed E-state index contributed by atoms with van der Waals surface area (Å²) in [6.45, 7) is 8.35. The van der Waals surface area contributed by atoms with Gasteiger partial charge in [0.1, 0.15) is 0 Å². The summed E-state index contributed by atoms with van der Waals surface area (Å²) in [5.41, 5.74) is 0.101. The molecule has 102 valence electrons. The molecule has 1 unspecified atom stereocenters. The van der Waals surface area contributed by atoms with Gasteiger partial charge in [0.25, 0.3) is 0 Å². The van der Waals surface area contributed by atoms with Crippen LogP contribution in [0.3, 0.4) is 0 Å². The Morgan fingerprint density at radius 3 is 2.53 bits per heavy atom. The molecule has 0 aliphatic carbocycles. The molecule has 0 aromatic carbocycles. The maximum atomic E-state index is 6.17. The molecule has 1 rings (SSSR count). The minimum Gasteiger partial charge on any atom is -0.312 e. The lowest BCUT2D eigenvalue weighted by Crippen LogP contribution is -2.28. The Hall–Kier alpha value is 0.600. The molecule has 3 nitrogen and oxygen atoms in total. The average molecular weight is 283 g/mol. The van der Waals surface area contributed by atoms with Gasteiger partial charge in [0.05, 0.1) is 25.2 Å². The largest absolute Gasteiger partial charge is 0.332 e. The van der Waals surface area contributed by atoms with Gasteiger partial charge >= 0.3 is 8.60 Å². The molecule has 1 heterocycles. The van der Waals surface area contributed by atoms with E-state index < -0.39 is 8.60 Å². The minimum absolute atomic E-state index is 0.0752. The van der Waals surface area contributed by atoms with Crippen LogP contribution < -0.4 is 0 Å². The Kier molecular flexibility index (Phi) is 7.28. The highest BCUT2D eigenvalue weighted by atomic mass is 35.5. The van der Waals surface area contributed by atoms with Crippen LogP contribution in [0.15, 0.2) is 0 Å². The molecule has 1 aliphatic rings. The highest BCUT2D eigenvalue weighted by Gasteiger charge is 2.30. The van der Waals surface area contributed by atoms with Crippen LogP contribution >= 0.6 is 20.2 Å². The van der Waals surface area contributed by atoms with Gasteiger partial charge in [0.2, 0.25) is 0 Å². The van der Waals surface area contributed by atoms with Gasteiger partial charge in [-0.05, 0) is 6.42 Å². The van der Waals surface area contributed by atoms with E-state index in [0.29, 0.717) is 19.8 Å². The van der Waals surface area contributed by atoms with Crippen LogP contribution in [0.25, 0.3) is 0 Å². The third-order valence-electron chi connectivity index (χ3n) is 2.60. The van der Waals surface area contributed by atoms with Gasteiger partial charge in [0.15, 0.2) is 0 Å². The predicted octanol–water partition coefficient (Wildman–Crippen LogP) is 4.49. The number of alkyl halides is 1. The van der Waals surface area contributed by atoms with Gasteiger partial charge in [-0.1, -0.05) is 40.0 Å². The van der Waals surface area contributed by atoms with Crippen LogP contribution in [0.4, 0.5) is 0 Å². The molecule has 0 aromatic heterocycles. The molecule has 1 saturated heterocycles. The smallest absolute Gasteiger partial charge is 0.312 e. The van der Waals surface area contributed by atoms with Crippen molar-refractivity contribution in [3.63, 3.8) is 0 Å². The van der Waals surface area contributed by atoms with Crippen LogP contribution in [-0.4, -0.2) is 25.2 Å². The Bertz CT molecular complexity index is 204. The maximum Gasteiger partial charge on any atom is 0.332 e. The van der Waals surface area contributed by atoms with E-state index in [1.165, 1.54) is 19.3 Å². The van der Waals surface area contributed by atoms with E-state index in [-0.39, 0.29) is 10.8 Å². The topological polar surface area (TPSA) is 27.7 Å². The lowest BCUT2D eigenvalue weighted by Gasteiger charge is -2.32. The highest BCUT2D eigenvalue weighted by Crippen LogP contribution is 2.46. The first-order chi connectivity index (χ1) is 8.03. The lowest BCUT2D eigenvalue weighted by molar-refractivity contribution is 0.0277. The van der Waals surface area contributed by atoms with E-state index in [4.69, 9.17) is 25.2 Å². The molecule has 0 saturated carbocycles. The molecule has 0 radical (unpaired) electrons. The summed E-state index contributed by atoms with van der Waals surface area (Å²) in [5.74, 6) is 0. The van der Waals surface area contributed by atoms with Crippen molar-refractivity contribution in [2.75, 3.05) is 19.8 Å². The Labute approximate surface area is 111 Å². The lowest BCUT2D eigenvalue weighted by atomic mass is 9.97. The molecular formula is C12H24ClO3P. The van der Waals surface area contributed by atoms with E-state index in [0.717, 1.165) is 6.42 Å². The summed E-state index contributed by atoms with van der Waals surface area (Å²) >= 11 is 6.17. The zero-order chi connectivity index (χ0) is 12.7. The first-order valence-electron chi connectivity index (χ1n) is 6.36. The first-order valence-corrected chi connectivity index (χ1v) is 7.89. The summed E-state index contributed by atoms with van der Waals surface area (Å²) in [5, 5.41) is 0.0752. The molecule has 5 heteroatoms. The molecular weight excluding hydrogens is 259 g/mol. The minimum atomic E-state index is -1.17. The van der Waals surface area contributed by atoms with E-state index in [1.54, 1.807) is 0 Å². The zero-order valence-corrected chi connectivity index (χ0v) is 12.7. The van der Waals surface area contributed by atoms with E-state index >= 15 is 0 Å². The Morgan fingerprint density at radius 1 is 1.29 bits per heavy atom. The van der Waals surface area contributed by atoms with Crippen molar-refractivity contribution in [2.24, 2.45) is 5.41 Å². The molecule has 1 atom stereocenters. The number of halogens is 1. The van der Waals surface area contributed by atoms with Crippen molar-refractivity contribution >= 4 is 20.2 Å². The number of unbranched alkanes of at least 4 members (excludes halogenated alkanes) is 2. The van der Waals surface area contributed by atoms with Crippen molar-refractivity contribution < 1.29 is 13.6 Å². The van der Waals surface area contributed by atoms with Gasteiger partial charge in [0, 0.05) is 5.41 Å². The second kappa shape index (κ2) is 7.91. The van der Waals surface area contributed by atoms with Gasteiger partial charge < -0.3 is 13.6 Å². The van der Waals surface area contributed by atoms with E-state index in [1.807, 2.05) is 0 Å². The molecule has 0 N–H and O–H groups in total. The van der Waals surface area contributed by atoms with Gasteiger partial charge in [-0.15, -0.1) is 11.6 Å². The summed E-state index contributed by atoms with van der Waals surface area (Å²) in [6.07, 6.45) is 4.63. The van der Waals surface area contributed by atoms with Gasteiger partial charge in [-0.25, -0.2) is 0 Å². The van der Waals surface area contributed by atoms with E-state index in [2.05, 4.69) is 20.8 Å². The SMILES string of the molecule is CCCCCC(Cl)COP1OCC(C)(C)CO1. The van der Waals surface area contributed by atoms with Crippen LogP contribution in [0, 0.1) is 5.41 Å². The monoisotopic (exact) mass is 282 g/mol. The van der Waals surface area contributed by atoms with Crippen molar-refractivity contribution in [1.29, 1.82) is 0 Å². The molecule has 1 aliphatic heterocycles. The van der Waals surface area contributed by atoms with Crippen LogP contribution in [0.5, 0.6) is 0 Å². The zero-order valence-electron chi connectivity index (χ0n) is 11.1. The molecule has 0 spiro atoms. The normalized spacial score (nSPS) is 22.6. The van der Waals surface area contributed by atoms with Crippen molar-refractivity contribution in [1.82, 2.24) is 0 Å². The van der Waals surface area contributed by atoms with Crippen LogP contribution in [0.1, 0.15) is 46.5 Å². The van der Waals surface area contributed by atoms with Crippen LogP contribution in [-0.2, 0) is 13.6 Å². The summed E-state index contributed by atoms with van der Waals surface area (Å²) in [4.78, 5) is 0. The predicted molar refractivity (Wildman–Crippen MR) is 72.3 cm³/mol. The first kappa shape index (κ1) is 15.7. The number of hydrogen-bond donors (Lipinski definition) is 0. The summed E-state index contributed by atoms with van der Waals surface area (Å²) in [6, 6.07) is 0. The van der Waals surface area contributed by atoms with E-state index in [9.17, 15) is 0 Å². The van der Waals surface area contributed by atoms with Crippen LogP contribution in [0.2, 0.25) is 0 Å². The fourth-order valence-electron chi connectivity index (χ4n) is 1.45. The standard InChI is InChI=1S/C12H24ClO3P/c1-4-5-6-7-11(13)8-14-17-15-9-12(2,3)10-16-17/h11H,4-10H2,1-3H3. The summed E-state index contributed by atoms with van der Waals surface area (Å²) < 4.78 is 16.6. The third-order valence-corrected chi connectivity index (χ3v) is 3.99. The highest BCUT2D eigenvalue weighted by molar-refractivity contribution is 7.41. The van der Waals surface area contributed by atoms with Crippen molar-refractivity contribution in [2.45, 2.75) is 51.8 Å². The summed E-state index contributed by atoms with van der Waals surface area (Å²) in [7, 11) is -1.17. The number of hydrogen-bond acceptors (Lipinski definition) is 3. The van der Waals surface area contributed by atoms with Crippen molar-refractivity contribution in [3.05, 3.63) is 0 Å². The maximum absolute atomic E-state index is 6.17. The number of rotatable bonds is 7. The quantitative estimate of drug-likeness (QED) is 0.391. The van der Waals surface area contributed by atoms with Gasteiger partial charge in [-0.3, -0.25) is 0 Å². The average Bonchev–Trinajstić information content (AvgIpc) is 2.28. The molecule has 0 aromatic rings. The third kappa shape index (κ3) is 6.93. The second-order valence-corrected chi connectivity index (χ2v) is 7.16. The fraction of sp³-hybridized carbons (Fsp3) is 1.00. The molecule has 0 bridgehead atoms. The van der Waals surface area contributed by atoms with Crippen molar-refractivity contribution in [3.8, 4) is 0 Å². The molecule has 1 fully saturated rings. The second-order valence-electron chi connectivity index (χ2n) is 5.32. The Balaban J connectivity index is 2.06. The molecule has 0 amide bonds. The Morgan fingerprint density at radius 2 is 1.94 bits per heavy atom. The fourth-order valence-corrected chi connectivity index (χ4v) is 3.19. The molecule has 17 heavy (non-hydrogen) atoms.